The smallest absolute Gasteiger partial charge is 0.244 e. The van der Waals surface area contributed by atoms with Gasteiger partial charge < -0.3 is 19.9 Å². The highest BCUT2D eigenvalue weighted by atomic mass is 16.5. The maximum Gasteiger partial charge on any atom is 0.244 e. The monoisotopic (exact) mass is 374 g/mol. The molecule has 0 bridgehead atoms. The number of aromatic nitrogens is 2. The number of benzene rings is 2. The molecule has 0 aliphatic carbocycles. The van der Waals surface area contributed by atoms with Crippen molar-refractivity contribution in [3.63, 3.8) is 0 Å². The fraction of sp³-hybridized carbons (Fsp3) is 0.143. The van der Waals surface area contributed by atoms with Crippen LogP contribution in [0.3, 0.4) is 0 Å². The van der Waals surface area contributed by atoms with Crippen LogP contribution in [0.25, 0.3) is 11.3 Å². The molecular formula is C21H18N4O3. The molecule has 0 fully saturated rings. The predicted octanol–water partition coefficient (Wildman–Crippen LogP) is 3.31. The fourth-order valence-corrected chi connectivity index (χ4v) is 3.52. The third kappa shape index (κ3) is 2.63. The van der Waals surface area contributed by atoms with Crippen LogP contribution in [0, 0.1) is 11.3 Å². The van der Waals surface area contributed by atoms with Crippen LogP contribution in [0.4, 0.5) is 0 Å². The van der Waals surface area contributed by atoms with Gasteiger partial charge >= 0.3 is 0 Å². The van der Waals surface area contributed by atoms with Crippen molar-refractivity contribution in [3.05, 3.63) is 71.1 Å². The molecule has 7 nitrogen and oxygen atoms in total. The van der Waals surface area contributed by atoms with Gasteiger partial charge in [-0.15, -0.1) is 5.10 Å². The summed E-state index contributed by atoms with van der Waals surface area (Å²) < 4.78 is 16.7. The summed E-state index contributed by atoms with van der Waals surface area (Å²) in [6.07, 6.45) is 0. The van der Waals surface area contributed by atoms with Gasteiger partial charge in [0.05, 0.1) is 31.4 Å². The Balaban J connectivity index is 2.00. The normalized spacial score (nSPS) is 15.4. The lowest BCUT2D eigenvalue weighted by Crippen LogP contribution is -2.21. The minimum Gasteiger partial charge on any atom is -0.493 e. The maximum atomic E-state index is 9.84. The topological polar surface area (TPSA) is 106 Å². The van der Waals surface area contributed by atoms with Crippen molar-refractivity contribution in [2.45, 2.75) is 5.92 Å². The number of nitrogens with zero attached hydrogens (tertiary/aromatic N) is 2. The second-order valence-electron chi connectivity index (χ2n) is 6.19. The van der Waals surface area contributed by atoms with E-state index in [9.17, 15) is 5.26 Å². The lowest BCUT2D eigenvalue weighted by Gasteiger charge is -2.26. The Bertz CT molecular complexity index is 1100. The van der Waals surface area contributed by atoms with Gasteiger partial charge in [0.1, 0.15) is 11.6 Å². The first-order chi connectivity index (χ1) is 13.7. The number of ether oxygens (including phenoxy) is 3. The summed E-state index contributed by atoms with van der Waals surface area (Å²) in [5, 5.41) is 17.1. The second-order valence-corrected chi connectivity index (χ2v) is 6.19. The van der Waals surface area contributed by atoms with E-state index in [0.29, 0.717) is 17.4 Å². The van der Waals surface area contributed by atoms with E-state index in [1.807, 2.05) is 42.5 Å². The average Bonchev–Trinajstić information content (AvgIpc) is 3.16. The van der Waals surface area contributed by atoms with Gasteiger partial charge in [-0.3, -0.25) is 5.10 Å². The molecule has 0 unspecified atom stereocenters. The highest BCUT2D eigenvalue weighted by molar-refractivity contribution is 5.72. The summed E-state index contributed by atoms with van der Waals surface area (Å²) in [6, 6.07) is 17.4. The van der Waals surface area contributed by atoms with Crippen LogP contribution in [0.15, 0.2) is 60.0 Å². The summed E-state index contributed by atoms with van der Waals surface area (Å²) in [7, 11) is 3.13. The maximum absolute atomic E-state index is 9.84. The zero-order chi connectivity index (χ0) is 19.7. The second kappa shape index (κ2) is 7.00. The van der Waals surface area contributed by atoms with Gasteiger partial charge in [0.15, 0.2) is 11.5 Å². The van der Waals surface area contributed by atoms with E-state index in [0.717, 1.165) is 22.4 Å². The zero-order valence-electron chi connectivity index (χ0n) is 15.4. The molecule has 4 rings (SSSR count). The number of nitrogens with two attached hydrogens (primary N) is 1. The Labute approximate surface area is 162 Å². The quantitative estimate of drug-likeness (QED) is 0.726. The van der Waals surface area contributed by atoms with Crippen LogP contribution in [-0.4, -0.2) is 24.4 Å². The molecule has 1 aromatic heterocycles. The number of allylic oxidation sites excluding steroid dienone is 1. The third-order valence-corrected chi connectivity index (χ3v) is 4.75. The molecule has 28 heavy (non-hydrogen) atoms. The number of rotatable bonds is 4. The van der Waals surface area contributed by atoms with Gasteiger partial charge in [-0.05, 0) is 11.6 Å². The molecular weight excluding hydrogens is 356 g/mol. The van der Waals surface area contributed by atoms with Crippen molar-refractivity contribution in [2.75, 3.05) is 14.2 Å². The summed E-state index contributed by atoms with van der Waals surface area (Å²) in [5.74, 6) is 0.936. The van der Waals surface area contributed by atoms with Gasteiger partial charge in [-0.2, -0.15) is 5.26 Å². The van der Waals surface area contributed by atoms with Gasteiger partial charge in [-0.1, -0.05) is 42.5 Å². The highest BCUT2D eigenvalue weighted by Crippen LogP contribution is 2.49. The molecule has 3 N–H and O–H groups in total. The number of H-pyrrole nitrogens is 1. The Kier molecular flexibility index (Phi) is 4.38. The molecule has 0 saturated heterocycles. The van der Waals surface area contributed by atoms with Gasteiger partial charge in [0.2, 0.25) is 11.8 Å². The molecule has 2 aromatic carbocycles. The van der Waals surface area contributed by atoms with Crippen molar-refractivity contribution < 1.29 is 14.2 Å². The number of nitrogens with one attached hydrogen (secondary N) is 1. The standard InChI is InChI=1S/C21H18N4O3/c1-26-15-10-6-9-13(19(15)27-2)16-14(11-22)20(23)28-21-17(16)18(24-25-21)12-7-4-3-5-8-12/h3-10,16H,23H2,1-2H3,(H,24,25)/t16-/m1/s1. The van der Waals surface area contributed by atoms with E-state index in [2.05, 4.69) is 16.3 Å². The number of fused-ring (bicyclic) bond motifs is 1. The van der Waals surface area contributed by atoms with Crippen LogP contribution in [-0.2, 0) is 0 Å². The Morgan fingerprint density at radius 1 is 1.11 bits per heavy atom. The molecule has 2 heterocycles. The highest BCUT2D eigenvalue weighted by Gasteiger charge is 2.37. The number of hydrogen-bond donors (Lipinski definition) is 2. The Morgan fingerprint density at radius 2 is 1.89 bits per heavy atom. The first kappa shape index (κ1) is 17.5. The Morgan fingerprint density at radius 3 is 2.57 bits per heavy atom. The Hall–Kier alpha value is -3.92. The summed E-state index contributed by atoms with van der Waals surface area (Å²) in [5.41, 5.74) is 9.48. The molecule has 7 heteroatoms. The molecule has 3 aromatic rings. The predicted molar refractivity (Wildman–Crippen MR) is 103 cm³/mol. The van der Waals surface area contributed by atoms with Crippen molar-refractivity contribution in [3.8, 4) is 34.7 Å². The van der Waals surface area contributed by atoms with Crippen LogP contribution in [0.2, 0.25) is 0 Å². The fourth-order valence-electron chi connectivity index (χ4n) is 3.52. The first-order valence-electron chi connectivity index (χ1n) is 8.61. The minimum atomic E-state index is -0.521. The van der Waals surface area contributed by atoms with Crippen molar-refractivity contribution in [2.24, 2.45) is 5.73 Å². The molecule has 0 radical (unpaired) electrons. The van der Waals surface area contributed by atoms with Crippen molar-refractivity contribution in [1.29, 1.82) is 5.26 Å². The van der Waals surface area contributed by atoms with E-state index in [4.69, 9.17) is 19.9 Å². The molecule has 1 aliphatic heterocycles. The SMILES string of the molecule is COc1cccc([C@@H]2C(C#N)=C(N)Oc3n[nH]c(-c4ccccc4)c32)c1OC. The minimum absolute atomic E-state index is 0.0241. The van der Waals surface area contributed by atoms with Gasteiger partial charge in [-0.25, -0.2) is 0 Å². The molecule has 0 spiro atoms. The molecule has 0 saturated carbocycles. The number of hydrogen-bond acceptors (Lipinski definition) is 6. The lowest BCUT2D eigenvalue weighted by atomic mass is 9.82. The average molecular weight is 374 g/mol. The van der Waals surface area contributed by atoms with Gasteiger partial charge in [0, 0.05) is 5.56 Å². The summed E-state index contributed by atoms with van der Waals surface area (Å²) >= 11 is 0. The van der Waals surface area contributed by atoms with E-state index in [-0.39, 0.29) is 11.5 Å². The number of aromatic amines is 1. The number of methoxy groups -OCH3 is 2. The van der Waals surface area contributed by atoms with E-state index in [1.54, 1.807) is 20.3 Å². The van der Waals surface area contributed by atoms with Crippen molar-refractivity contribution in [1.82, 2.24) is 10.2 Å². The largest absolute Gasteiger partial charge is 0.493 e. The van der Waals surface area contributed by atoms with Crippen molar-refractivity contribution >= 4 is 0 Å². The van der Waals surface area contributed by atoms with E-state index >= 15 is 0 Å². The van der Waals surface area contributed by atoms with Crippen LogP contribution < -0.4 is 19.9 Å². The summed E-state index contributed by atoms with van der Waals surface area (Å²) in [4.78, 5) is 0. The van der Waals surface area contributed by atoms with Gasteiger partial charge in [0.25, 0.3) is 0 Å². The third-order valence-electron chi connectivity index (χ3n) is 4.75. The first-order valence-corrected chi connectivity index (χ1v) is 8.61. The molecule has 140 valence electrons. The van der Waals surface area contributed by atoms with E-state index < -0.39 is 5.92 Å². The molecule has 0 amide bonds. The lowest BCUT2D eigenvalue weighted by molar-refractivity contribution is 0.348. The van der Waals surface area contributed by atoms with Crippen LogP contribution >= 0.6 is 0 Å². The number of para-hydroxylation sites is 1. The van der Waals surface area contributed by atoms with Crippen LogP contribution in [0.1, 0.15) is 17.0 Å². The zero-order valence-corrected chi connectivity index (χ0v) is 15.4. The molecule has 1 aliphatic rings. The van der Waals surface area contributed by atoms with Crippen LogP contribution in [0.5, 0.6) is 17.4 Å². The number of nitriles is 1. The summed E-state index contributed by atoms with van der Waals surface area (Å²) in [6.45, 7) is 0. The van der Waals surface area contributed by atoms with E-state index in [1.165, 1.54) is 0 Å². The molecule has 1 atom stereocenters.